The molecule has 2 aliphatic carbocycles. The second kappa shape index (κ2) is 7.42. The number of hydrogen-bond donors (Lipinski definition) is 0. The van der Waals surface area contributed by atoms with Gasteiger partial charge in [0, 0.05) is 5.56 Å². The van der Waals surface area contributed by atoms with Crippen molar-refractivity contribution < 1.29 is 0 Å². The molecule has 2 fully saturated rings. The molecule has 0 atom stereocenters. The molecule has 120 valence electrons. The van der Waals surface area contributed by atoms with Crippen LogP contribution in [0.1, 0.15) is 61.1 Å². The molecule has 0 saturated heterocycles. The van der Waals surface area contributed by atoms with Gasteiger partial charge in [0.05, 0.1) is 5.41 Å². The molecule has 24 heavy (non-hydrogen) atoms. The summed E-state index contributed by atoms with van der Waals surface area (Å²) in [6.45, 7) is 0. The monoisotopic (exact) mass is 312 g/mol. The summed E-state index contributed by atoms with van der Waals surface area (Å²) in [4.78, 5) is 0. The highest BCUT2D eigenvalue weighted by atomic mass is 14.3. The Morgan fingerprint density at radius 1 is 0.833 bits per heavy atom. The summed E-state index contributed by atoms with van der Waals surface area (Å²) in [6, 6.07) is 18.8. The maximum absolute atomic E-state index is 5.65. The fraction of sp³-hybridized carbons (Fsp3) is 0.333. The van der Waals surface area contributed by atoms with Crippen molar-refractivity contribution in [1.29, 1.82) is 0 Å². The molecule has 0 heteroatoms. The third kappa shape index (κ3) is 3.72. The van der Waals surface area contributed by atoms with Crippen molar-refractivity contribution in [2.75, 3.05) is 0 Å². The van der Waals surface area contributed by atoms with Crippen LogP contribution in [0, 0.1) is 24.7 Å². The van der Waals surface area contributed by atoms with Crippen LogP contribution in [0.2, 0.25) is 0 Å². The molecule has 2 aliphatic rings. The second-order valence-electron chi connectivity index (χ2n) is 6.84. The summed E-state index contributed by atoms with van der Waals surface area (Å²) in [7, 11) is 0. The van der Waals surface area contributed by atoms with Crippen LogP contribution >= 0.6 is 0 Å². The standard InChI is InChI=1S/C13H14.C11H10/c1-2-13(10-6-7-11-13)12-8-4-3-5-9-12;1-2-9-3-5-10(6-4-9)11-7-8-11/h1,3-5,8-9H,6-7,10-11H2;1,3-6,11H,7-8H2. The van der Waals surface area contributed by atoms with Crippen LogP contribution < -0.4 is 0 Å². The molecule has 0 amide bonds. The van der Waals surface area contributed by atoms with Gasteiger partial charge in [0.1, 0.15) is 0 Å². The van der Waals surface area contributed by atoms with E-state index in [-0.39, 0.29) is 5.41 Å². The van der Waals surface area contributed by atoms with E-state index in [1.54, 1.807) is 0 Å². The van der Waals surface area contributed by atoms with Gasteiger partial charge >= 0.3 is 0 Å². The van der Waals surface area contributed by atoms with E-state index in [0.29, 0.717) is 0 Å². The molecule has 0 spiro atoms. The first-order valence-electron chi connectivity index (χ1n) is 8.87. The maximum atomic E-state index is 5.65. The number of hydrogen-bond acceptors (Lipinski definition) is 0. The van der Waals surface area contributed by atoms with E-state index in [1.807, 2.05) is 18.2 Å². The minimum atomic E-state index is 0.0568. The van der Waals surface area contributed by atoms with Crippen molar-refractivity contribution in [3.63, 3.8) is 0 Å². The molecule has 0 heterocycles. The van der Waals surface area contributed by atoms with Crippen molar-refractivity contribution in [2.24, 2.45) is 0 Å². The predicted molar refractivity (Wildman–Crippen MR) is 102 cm³/mol. The topological polar surface area (TPSA) is 0 Å². The zero-order valence-corrected chi connectivity index (χ0v) is 14.2. The summed E-state index contributed by atoms with van der Waals surface area (Å²) in [5.41, 5.74) is 3.81. The van der Waals surface area contributed by atoms with Crippen molar-refractivity contribution in [3.05, 3.63) is 71.3 Å². The molecule has 2 aromatic rings. The van der Waals surface area contributed by atoms with Gasteiger partial charge in [-0.05, 0) is 54.9 Å². The van der Waals surface area contributed by atoms with E-state index in [4.69, 9.17) is 12.8 Å². The first kappa shape index (κ1) is 16.4. The van der Waals surface area contributed by atoms with Crippen LogP contribution in [0.25, 0.3) is 0 Å². The molecule has 0 N–H and O–H groups in total. The Morgan fingerprint density at radius 3 is 1.96 bits per heavy atom. The fourth-order valence-electron chi connectivity index (χ4n) is 3.52. The molecule has 0 radical (unpaired) electrons. The van der Waals surface area contributed by atoms with Crippen LogP contribution in [0.5, 0.6) is 0 Å². The summed E-state index contributed by atoms with van der Waals surface area (Å²) in [6.07, 6.45) is 18.5. The van der Waals surface area contributed by atoms with Crippen LogP contribution in [-0.2, 0) is 5.41 Å². The number of rotatable bonds is 2. The van der Waals surface area contributed by atoms with Gasteiger partial charge in [-0.3, -0.25) is 0 Å². The highest BCUT2D eigenvalue weighted by Crippen LogP contribution is 2.40. The molecule has 0 bridgehead atoms. The van der Waals surface area contributed by atoms with E-state index >= 15 is 0 Å². The highest BCUT2D eigenvalue weighted by molar-refractivity contribution is 5.36. The lowest BCUT2D eigenvalue weighted by atomic mass is 9.80. The third-order valence-electron chi connectivity index (χ3n) is 5.19. The largest absolute Gasteiger partial charge is 0.119 e. The first-order valence-corrected chi connectivity index (χ1v) is 8.87. The minimum Gasteiger partial charge on any atom is -0.119 e. The molecule has 2 saturated carbocycles. The molecule has 0 nitrogen and oxygen atoms in total. The summed E-state index contributed by atoms with van der Waals surface area (Å²) in [5.74, 6) is 6.44. The minimum absolute atomic E-state index is 0.0568. The third-order valence-corrected chi connectivity index (χ3v) is 5.19. The maximum Gasteiger partial charge on any atom is 0.0560 e. The van der Waals surface area contributed by atoms with Gasteiger partial charge in [0.15, 0.2) is 0 Å². The van der Waals surface area contributed by atoms with Crippen molar-refractivity contribution in [2.45, 2.75) is 49.9 Å². The Balaban J connectivity index is 0.000000143. The number of benzene rings is 2. The molecular weight excluding hydrogens is 288 g/mol. The van der Waals surface area contributed by atoms with Gasteiger partial charge in [-0.1, -0.05) is 67.1 Å². The average Bonchev–Trinajstić information content (AvgIpc) is 3.40. The van der Waals surface area contributed by atoms with Crippen LogP contribution in [-0.4, -0.2) is 0 Å². The van der Waals surface area contributed by atoms with Gasteiger partial charge in [0.25, 0.3) is 0 Å². The molecule has 0 aliphatic heterocycles. The smallest absolute Gasteiger partial charge is 0.0560 e. The van der Waals surface area contributed by atoms with E-state index < -0.39 is 0 Å². The SMILES string of the molecule is C#CC1(c2ccccc2)CCCC1.C#Cc1ccc(C2CC2)cc1. The lowest BCUT2D eigenvalue weighted by molar-refractivity contribution is 0.582. The van der Waals surface area contributed by atoms with E-state index in [2.05, 4.69) is 48.2 Å². The summed E-state index contributed by atoms with van der Waals surface area (Å²) >= 11 is 0. The molecule has 2 aromatic carbocycles. The lowest BCUT2D eigenvalue weighted by Crippen LogP contribution is -2.18. The molecule has 0 unspecified atom stereocenters. The molecule has 4 rings (SSSR count). The predicted octanol–water partition coefficient (Wildman–Crippen LogP) is 5.68. The van der Waals surface area contributed by atoms with E-state index in [9.17, 15) is 0 Å². The summed E-state index contributed by atoms with van der Waals surface area (Å²) < 4.78 is 0. The Labute approximate surface area is 146 Å². The lowest BCUT2D eigenvalue weighted by Gasteiger charge is -2.22. The van der Waals surface area contributed by atoms with Gasteiger partial charge < -0.3 is 0 Å². The average molecular weight is 312 g/mol. The van der Waals surface area contributed by atoms with Crippen molar-refractivity contribution in [1.82, 2.24) is 0 Å². The Bertz CT molecular complexity index is 727. The van der Waals surface area contributed by atoms with Gasteiger partial charge in [0.2, 0.25) is 0 Å². The summed E-state index contributed by atoms with van der Waals surface area (Å²) in [5, 5.41) is 0. The van der Waals surface area contributed by atoms with Crippen LogP contribution in [0.15, 0.2) is 54.6 Å². The normalized spacial score (nSPS) is 17.9. The van der Waals surface area contributed by atoms with Crippen LogP contribution in [0.3, 0.4) is 0 Å². The van der Waals surface area contributed by atoms with Crippen LogP contribution in [0.4, 0.5) is 0 Å². The quantitative estimate of drug-likeness (QED) is 0.626. The van der Waals surface area contributed by atoms with Gasteiger partial charge in [-0.2, -0.15) is 0 Å². The Kier molecular flexibility index (Phi) is 5.08. The van der Waals surface area contributed by atoms with Gasteiger partial charge in [-0.15, -0.1) is 12.8 Å². The highest BCUT2D eigenvalue weighted by Gasteiger charge is 2.33. The first-order chi connectivity index (χ1) is 11.8. The van der Waals surface area contributed by atoms with Crippen molar-refractivity contribution in [3.8, 4) is 24.7 Å². The second-order valence-corrected chi connectivity index (χ2v) is 6.84. The number of terminal acetylenes is 2. The zero-order chi connectivity index (χ0) is 16.8. The Hall–Kier alpha value is -2.44. The fourth-order valence-corrected chi connectivity index (χ4v) is 3.52. The van der Waals surface area contributed by atoms with Crippen molar-refractivity contribution >= 4 is 0 Å². The van der Waals surface area contributed by atoms with Gasteiger partial charge in [-0.25, -0.2) is 0 Å². The zero-order valence-electron chi connectivity index (χ0n) is 14.2. The molecule has 0 aromatic heterocycles. The van der Waals surface area contributed by atoms with E-state index in [0.717, 1.165) is 24.3 Å². The van der Waals surface area contributed by atoms with E-state index in [1.165, 1.54) is 36.8 Å². The molecular formula is C24H24. The Morgan fingerprint density at radius 2 is 1.46 bits per heavy atom.